The monoisotopic (exact) mass is 376 g/mol. The van der Waals surface area contributed by atoms with Crippen molar-refractivity contribution in [1.29, 1.82) is 0 Å². The summed E-state index contributed by atoms with van der Waals surface area (Å²) in [6.45, 7) is 0. The lowest BCUT2D eigenvalue weighted by Crippen LogP contribution is -2.21. The van der Waals surface area contributed by atoms with Crippen molar-refractivity contribution in [2.45, 2.75) is 5.25 Å². The Morgan fingerprint density at radius 2 is 1.88 bits per heavy atom. The Morgan fingerprint density at radius 3 is 2.62 bits per heavy atom. The van der Waals surface area contributed by atoms with Crippen LogP contribution < -0.4 is 10.6 Å². The van der Waals surface area contributed by atoms with E-state index < -0.39 is 0 Å². The van der Waals surface area contributed by atoms with Crippen LogP contribution in [0.2, 0.25) is 0 Å². The fourth-order valence-electron chi connectivity index (χ4n) is 3.28. The van der Waals surface area contributed by atoms with E-state index in [4.69, 9.17) is 10.2 Å². The lowest BCUT2D eigenvalue weighted by Gasteiger charge is -2.27. The van der Waals surface area contributed by atoms with Crippen LogP contribution in [0.3, 0.4) is 0 Å². The number of furan rings is 1. The van der Waals surface area contributed by atoms with Crippen molar-refractivity contribution in [1.82, 2.24) is 0 Å². The fraction of sp³-hybridized carbons (Fsp3) is 0.0476. The maximum absolute atomic E-state index is 6.65. The first-order chi connectivity index (χ1) is 12.8. The molecule has 0 saturated carbocycles. The highest BCUT2D eigenvalue weighted by molar-refractivity contribution is 8.04. The van der Waals surface area contributed by atoms with Crippen molar-refractivity contribution in [3.05, 3.63) is 105 Å². The Labute approximate surface area is 160 Å². The van der Waals surface area contributed by atoms with Crippen LogP contribution in [0.25, 0.3) is 5.57 Å². The number of anilines is 1. The molecule has 26 heavy (non-hydrogen) atoms. The van der Waals surface area contributed by atoms with Gasteiger partial charge in [0.2, 0.25) is 0 Å². The van der Waals surface area contributed by atoms with Gasteiger partial charge >= 0.3 is 0 Å². The number of hydrogen-bond donors (Lipinski definition) is 1. The molecule has 1 aromatic carbocycles. The second-order valence-electron chi connectivity index (χ2n) is 6.09. The zero-order chi connectivity index (χ0) is 17.5. The summed E-state index contributed by atoms with van der Waals surface area (Å²) < 4.78 is 5.64. The molecule has 3 nitrogen and oxygen atoms in total. The normalized spacial score (nSPS) is 19.4. The average Bonchev–Trinajstić information content (AvgIpc) is 3.43. The molecule has 0 aliphatic carbocycles. The van der Waals surface area contributed by atoms with Crippen LogP contribution in [0.15, 0.2) is 99.2 Å². The molecule has 0 spiro atoms. The van der Waals surface area contributed by atoms with Crippen molar-refractivity contribution in [3.63, 3.8) is 0 Å². The van der Waals surface area contributed by atoms with Gasteiger partial charge in [-0.15, -0.1) is 23.1 Å². The summed E-state index contributed by atoms with van der Waals surface area (Å²) in [5, 5.41) is 2.26. The number of rotatable bonds is 3. The maximum atomic E-state index is 6.65. The summed E-state index contributed by atoms with van der Waals surface area (Å²) in [7, 11) is 0. The Hall–Kier alpha value is -2.63. The molecule has 2 N–H and O–H groups in total. The summed E-state index contributed by atoms with van der Waals surface area (Å²) in [4.78, 5) is 4.64. The van der Waals surface area contributed by atoms with E-state index in [1.165, 1.54) is 9.78 Å². The Bertz CT molecular complexity index is 1020. The zero-order valence-electron chi connectivity index (χ0n) is 13.8. The lowest BCUT2D eigenvalue weighted by molar-refractivity contribution is 0.554. The molecule has 3 aromatic rings. The molecule has 1 atom stereocenters. The number of thiophene rings is 1. The standard InChI is InChI=1S/C21H16N2OS2/c22-19-20-18(26-21(19)17-9-5-11-25-17)12-14(16-8-4-10-24-16)13-23(20)15-6-2-1-3-7-15/h1-13,21H,22H2. The molecule has 0 amide bonds. The van der Waals surface area contributed by atoms with Crippen LogP contribution in [-0.4, -0.2) is 0 Å². The van der Waals surface area contributed by atoms with Gasteiger partial charge in [0, 0.05) is 27.2 Å². The molecule has 128 valence electrons. The van der Waals surface area contributed by atoms with E-state index in [1.807, 2.05) is 42.1 Å². The van der Waals surface area contributed by atoms with Gasteiger partial charge < -0.3 is 15.1 Å². The van der Waals surface area contributed by atoms with E-state index in [0.29, 0.717) is 0 Å². The van der Waals surface area contributed by atoms with Crippen molar-refractivity contribution >= 4 is 34.4 Å². The summed E-state index contributed by atoms with van der Waals surface area (Å²) in [6.07, 6.45) is 5.99. The fourth-order valence-corrected chi connectivity index (χ4v) is 5.52. The van der Waals surface area contributed by atoms with Crippen LogP contribution in [0, 0.1) is 0 Å². The minimum atomic E-state index is 0.159. The van der Waals surface area contributed by atoms with Crippen LogP contribution in [0.1, 0.15) is 15.9 Å². The molecule has 5 heteroatoms. The molecule has 2 aliphatic rings. The van der Waals surface area contributed by atoms with Crippen molar-refractivity contribution < 1.29 is 4.42 Å². The highest BCUT2D eigenvalue weighted by Gasteiger charge is 2.36. The molecule has 0 fully saturated rings. The zero-order valence-corrected chi connectivity index (χ0v) is 15.5. The second kappa shape index (κ2) is 6.27. The number of para-hydroxylation sites is 1. The van der Waals surface area contributed by atoms with Crippen molar-refractivity contribution in [3.8, 4) is 0 Å². The van der Waals surface area contributed by atoms with Crippen LogP contribution in [0.4, 0.5) is 5.69 Å². The number of thioether (sulfide) groups is 1. The van der Waals surface area contributed by atoms with E-state index in [9.17, 15) is 0 Å². The summed E-state index contributed by atoms with van der Waals surface area (Å²) in [5.41, 5.74) is 10.8. The first-order valence-electron chi connectivity index (χ1n) is 8.33. The van der Waals surface area contributed by atoms with E-state index in [0.717, 1.165) is 28.4 Å². The number of hydrogen-bond acceptors (Lipinski definition) is 5. The van der Waals surface area contributed by atoms with E-state index >= 15 is 0 Å². The average molecular weight is 377 g/mol. The predicted molar refractivity (Wildman–Crippen MR) is 110 cm³/mol. The smallest absolute Gasteiger partial charge is 0.135 e. The van der Waals surface area contributed by atoms with Crippen LogP contribution in [-0.2, 0) is 0 Å². The highest BCUT2D eigenvalue weighted by Crippen LogP contribution is 2.54. The van der Waals surface area contributed by atoms with Gasteiger partial charge in [-0.1, -0.05) is 24.3 Å². The first-order valence-corrected chi connectivity index (χ1v) is 10.1. The SMILES string of the molecule is NC1=C2C(=CC(c3ccco3)=CN2c2ccccc2)SC1c1cccs1. The molecule has 4 heterocycles. The van der Waals surface area contributed by atoms with Gasteiger partial charge in [0.15, 0.2) is 0 Å². The van der Waals surface area contributed by atoms with Gasteiger partial charge in [0.1, 0.15) is 5.76 Å². The molecule has 2 aliphatic heterocycles. The Kier molecular flexibility index (Phi) is 3.76. The molecule has 0 radical (unpaired) electrons. The second-order valence-corrected chi connectivity index (χ2v) is 8.22. The summed E-state index contributed by atoms with van der Waals surface area (Å²) >= 11 is 3.56. The lowest BCUT2D eigenvalue weighted by atomic mass is 10.1. The molecule has 2 aromatic heterocycles. The quantitative estimate of drug-likeness (QED) is 0.632. The van der Waals surface area contributed by atoms with Crippen molar-refractivity contribution in [2.24, 2.45) is 5.73 Å². The van der Waals surface area contributed by atoms with E-state index in [-0.39, 0.29) is 5.25 Å². The van der Waals surface area contributed by atoms with Gasteiger partial charge in [-0.05, 0) is 41.8 Å². The minimum absolute atomic E-state index is 0.159. The molecule has 0 saturated heterocycles. The largest absolute Gasteiger partial charge is 0.464 e. The third kappa shape index (κ3) is 2.52. The summed E-state index contributed by atoms with van der Waals surface area (Å²) in [5.74, 6) is 0.858. The molecule has 5 rings (SSSR count). The summed E-state index contributed by atoms with van der Waals surface area (Å²) in [6, 6.07) is 18.4. The maximum Gasteiger partial charge on any atom is 0.135 e. The van der Waals surface area contributed by atoms with Gasteiger partial charge in [-0.3, -0.25) is 0 Å². The first kappa shape index (κ1) is 15.6. The highest BCUT2D eigenvalue weighted by atomic mass is 32.2. The molecular weight excluding hydrogens is 360 g/mol. The number of allylic oxidation sites excluding steroid dienone is 2. The van der Waals surface area contributed by atoms with E-state index in [1.54, 1.807) is 17.6 Å². The van der Waals surface area contributed by atoms with Crippen molar-refractivity contribution in [2.75, 3.05) is 4.90 Å². The third-order valence-electron chi connectivity index (χ3n) is 4.47. The van der Waals surface area contributed by atoms with Crippen LogP contribution in [0.5, 0.6) is 0 Å². The topological polar surface area (TPSA) is 42.4 Å². The Balaban J connectivity index is 1.66. The third-order valence-corrected chi connectivity index (χ3v) is 6.87. The van der Waals surface area contributed by atoms with E-state index in [2.05, 4.69) is 46.8 Å². The molecule has 1 unspecified atom stereocenters. The number of benzene rings is 1. The van der Waals surface area contributed by atoms with Gasteiger partial charge in [-0.2, -0.15) is 0 Å². The van der Waals surface area contributed by atoms with Gasteiger partial charge in [0.05, 0.1) is 22.9 Å². The number of nitrogens with two attached hydrogens (primary N) is 1. The molecular formula is C21H16N2OS2. The van der Waals surface area contributed by atoms with Gasteiger partial charge in [-0.25, -0.2) is 0 Å². The van der Waals surface area contributed by atoms with Crippen LogP contribution >= 0.6 is 23.1 Å². The van der Waals surface area contributed by atoms with Gasteiger partial charge in [0.25, 0.3) is 0 Å². The number of fused-ring (bicyclic) bond motifs is 1. The Morgan fingerprint density at radius 1 is 1.00 bits per heavy atom. The number of nitrogens with zero attached hydrogens (tertiary/aromatic N) is 1. The minimum Gasteiger partial charge on any atom is -0.464 e. The molecule has 0 bridgehead atoms. The predicted octanol–water partition coefficient (Wildman–Crippen LogP) is 5.74.